The van der Waals surface area contributed by atoms with Crippen LogP contribution in [0.1, 0.15) is 15.9 Å². The molecule has 192 valence electrons. The summed E-state index contributed by atoms with van der Waals surface area (Å²) in [6.07, 6.45) is 1.82. The number of fused-ring (bicyclic) bond motifs is 1. The second-order valence-electron chi connectivity index (χ2n) is 8.74. The van der Waals surface area contributed by atoms with Crippen LogP contribution in [0.2, 0.25) is 0 Å². The van der Waals surface area contributed by atoms with Gasteiger partial charge in [-0.15, -0.1) is 0 Å². The van der Waals surface area contributed by atoms with Crippen molar-refractivity contribution in [1.29, 1.82) is 0 Å². The number of aromatic nitrogens is 2. The molecule has 8 nitrogen and oxygen atoms in total. The number of hydrogen-bond donors (Lipinski definition) is 2. The molecule has 8 heteroatoms. The van der Waals surface area contributed by atoms with Crippen LogP contribution in [-0.2, 0) is 0 Å². The molecule has 0 atom stereocenters. The zero-order valence-corrected chi connectivity index (χ0v) is 21.6. The Morgan fingerprint density at radius 2 is 1.53 bits per heavy atom. The van der Waals surface area contributed by atoms with Gasteiger partial charge in [0.25, 0.3) is 5.91 Å². The van der Waals surface area contributed by atoms with Crippen LogP contribution in [0, 0.1) is 6.92 Å². The van der Waals surface area contributed by atoms with E-state index in [4.69, 9.17) is 14.2 Å². The van der Waals surface area contributed by atoms with E-state index < -0.39 is 0 Å². The first-order valence-corrected chi connectivity index (χ1v) is 12.0. The van der Waals surface area contributed by atoms with Gasteiger partial charge in [0.05, 0.1) is 38.7 Å². The van der Waals surface area contributed by atoms with Gasteiger partial charge in [0.15, 0.2) is 11.5 Å². The lowest BCUT2D eigenvalue weighted by Gasteiger charge is -2.15. The second-order valence-corrected chi connectivity index (χ2v) is 8.74. The highest BCUT2D eigenvalue weighted by Crippen LogP contribution is 2.40. The summed E-state index contributed by atoms with van der Waals surface area (Å²) in [4.78, 5) is 13.1. The molecule has 0 unspecified atom stereocenters. The minimum atomic E-state index is -0.276. The van der Waals surface area contributed by atoms with Crippen molar-refractivity contribution in [2.45, 2.75) is 6.92 Å². The van der Waals surface area contributed by atoms with E-state index in [1.807, 2.05) is 47.3 Å². The van der Waals surface area contributed by atoms with Crippen LogP contribution in [0.25, 0.3) is 16.6 Å². The molecule has 0 bridgehead atoms. The number of nitrogens with zero attached hydrogens (tertiary/aromatic N) is 2. The zero-order valence-electron chi connectivity index (χ0n) is 21.6. The maximum atomic E-state index is 13.1. The molecular formula is C30H28N4O4. The number of carbonyl (C=O) groups is 1. The summed E-state index contributed by atoms with van der Waals surface area (Å²) in [6.45, 7) is 2.07. The maximum Gasteiger partial charge on any atom is 0.255 e. The molecule has 2 N–H and O–H groups in total. The molecule has 0 fully saturated rings. The van der Waals surface area contributed by atoms with Crippen LogP contribution in [0.4, 0.5) is 17.1 Å². The van der Waals surface area contributed by atoms with Crippen LogP contribution in [0.15, 0.2) is 85.1 Å². The van der Waals surface area contributed by atoms with Crippen molar-refractivity contribution in [2.75, 3.05) is 32.0 Å². The van der Waals surface area contributed by atoms with Gasteiger partial charge in [-0.1, -0.05) is 18.2 Å². The number of amides is 1. The molecule has 0 aliphatic rings. The maximum absolute atomic E-state index is 13.1. The first-order chi connectivity index (χ1) is 18.5. The Labute approximate surface area is 220 Å². The average molecular weight is 509 g/mol. The van der Waals surface area contributed by atoms with Crippen molar-refractivity contribution >= 4 is 33.9 Å². The summed E-state index contributed by atoms with van der Waals surface area (Å²) in [5, 5.41) is 11.9. The van der Waals surface area contributed by atoms with Crippen molar-refractivity contribution in [3.8, 4) is 22.9 Å². The van der Waals surface area contributed by atoms with E-state index in [1.54, 1.807) is 24.3 Å². The third-order valence-electron chi connectivity index (χ3n) is 6.15. The third kappa shape index (κ3) is 4.97. The van der Waals surface area contributed by atoms with Crippen molar-refractivity contribution in [3.63, 3.8) is 0 Å². The highest BCUT2D eigenvalue weighted by atomic mass is 16.5. The summed E-state index contributed by atoms with van der Waals surface area (Å²) in [5.41, 5.74) is 5.91. The molecule has 0 aliphatic carbocycles. The number of rotatable bonds is 8. The summed E-state index contributed by atoms with van der Waals surface area (Å²) in [6, 6.07) is 25.0. The number of carbonyl (C=O) groups excluding carboxylic acids is 1. The lowest BCUT2D eigenvalue weighted by atomic mass is 10.1. The highest BCUT2D eigenvalue weighted by Gasteiger charge is 2.16. The quantitative estimate of drug-likeness (QED) is 0.254. The molecule has 1 aromatic heterocycles. The first-order valence-electron chi connectivity index (χ1n) is 12.0. The van der Waals surface area contributed by atoms with E-state index >= 15 is 0 Å². The smallest absolute Gasteiger partial charge is 0.255 e. The van der Waals surface area contributed by atoms with Gasteiger partial charge in [0.1, 0.15) is 0 Å². The van der Waals surface area contributed by atoms with Crippen molar-refractivity contribution in [2.24, 2.45) is 0 Å². The Bertz CT molecular complexity index is 1600. The van der Waals surface area contributed by atoms with E-state index in [2.05, 4.69) is 40.9 Å². The molecule has 4 aromatic carbocycles. The Morgan fingerprint density at radius 1 is 0.789 bits per heavy atom. The van der Waals surface area contributed by atoms with Gasteiger partial charge in [0.2, 0.25) is 5.75 Å². The zero-order chi connectivity index (χ0) is 26.6. The van der Waals surface area contributed by atoms with Crippen LogP contribution in [-0.4, -0.2) is 37.0 Å². The summed E-state index contributed by atoms with van der Waals surface area (Å²) in [5.74, 6) is 1.09. The van der Waals surface area contributed by atoms with Crippen molar-refractivity contribution in [3.05, 3.63) is 96.2 Å². The van der Waals surface area contributed by atoms with Gasteiger partial charge in [-0.3, -0.25) is 4.79 Å². The van der Waals surface area contributed by atoms with Crippen LogP contribution < -0.4 is 24.8 Å². The van der Waals surface area contributed by atoms with Gasteiger partial charge < -0.3 is 24.8 Å². The lowest BCUT2D eigenvalue weighted by Crippen LogP contribution is -2.13. The van der Waals surface area contributed by atoms with Gasteiger partial charge in [0, 0.05) is 40.1 Å². The Morgan fingerprint density at radius 3 is 2.24 bits per heavy atom. The van der Waals surface area contributed by atoms with E-state index in [-0.39, 0.29) is 5.91 Å². The topological polar surface area (TPSA) is 86.6 Å². The molecule has 1 amide bonds. The van der Waals surface area contributed by atoms with Crippen molar-refractivity contribution < 1.29 is 19.0 Å². The normalized spacial score (nSPS) is 10.7. The highest BCUT2D eigenvalue weighted by molar-refractivity contribution is 6.05. The number of ether oxygens (including phenoxy) is 3. The first kappa shape index (κ1) is 24.7. The Hall–Kier alpha value is -4.98. The largest absolute Gasteiger partial charge is 0.493 e. The molecule has 0 saturated carbocycles. The fourth-order valence-electron chi connectivity index (χ4n) is 4.34. The van der Waals surface area contributed by atoms with Crippen LogP contribution in [0.3, 0.4) is 0 Å². The summed E-state index contributed by atoms with van der Waals surface area (Å²) >= 11 is 0. The molecule has 5 aromatic rings. The van der Waals surface area contributed by atoms with E-state index in [1.165, 1.54) is 26.9 Å². The third-order valence-corrected chi connectivity index (χ3v) is 6.15. The summed E-state index contributed by atoms with van der Waals surface area (Å²) in [7, 11) is 4.59. The van der Waals surface area contributed by atoms with E-state index in [9.17, 15) is 4.79 Å². The SMILES string of the molecule is COc1cc(NC(=O)c2cccc(-n3ncc4cc(Nc5cccc(C)c5)ccc43)c2)cc(OC)c1OC. The molecule has 0 spiro atoms. The van der Waals surface area contributed by atoms with Gasteiger partial charge in [-0.2, -0.15) is 5.10 Å². The lowest BCUT2D eigenvalue weighted by molar-refractivity contribution is 0.102. The monoisotopic (exact) mass is 508 g/mol. The molecule has 5 rings (SSSR count). The van der Waals surface area contributed by atoms with E-state index in [0.717, 1.165) is 28.0 Å². The summed E-state index contributed by atoms with van der Waals surface area (Å²) < 4.78 is 18.0. The van der Waals surface area contributed by atoms with Gasteiger partial charge in [-0.25, -0.2) is 4.68 Å². The van der Waals surface area contributed by atoms with E-state index in [0.29, 0.717) is 28.5 Å². The standard InChI is InChI=1S/C30H28N4O4/c1-19-7-5-9-22(13-19)32-23-11-12-26-21(14-23)18-31-34(26)25-10-6-8-20(15-25)30(35)33-24-16-27(36-2)29(38-4)28(17-24)37-3/h5-18,32H,1-4H3,(H,33,35). The predicted molar refractivity (Wildman–Crippen MR) is 150 cm³/mol. The molecule has 38 heavy (non-hydrogen) atoms. The van der Waals surface area contributed by atoms with Gasteiger partial charge >= 0.3 is 0 Å². The number of benzene rings is 4. The minimum absolute atomic E-state index is 0.276. The number of nitrogens with one attached hydrogen (secondary N) is 2. The number of anilines is 3. The second kappa shape index (κ2) is 10.6. The number of hydrogen-bond acceptors (Lipinski definition) is 6. The van der Waals surface area contributed by atoms with Gasteiger partial charge in [-0.05, 0) is 61.0 Å². The van der Waals surface area contributed by atoms with Crippen LogP contribution in [0.5, 0.6) is 17.2 Å². The molecule has 1 heterocycles. The van der Waals surface area contributed by atoms with Crippen molar-refractivity contribution in [1.82, 2.24) is 9.78 Å². The minimum Gasteiger partial charge on any atom is -0.493 e. The van der Waals surface area contributed by atoms with Crippen LogP contribution >= 0.6 is 0 Å². The molecular weight excluding hydrogens is 480 g/mol. The number of aryl methyl sites for hydroxylation is 1. The molecule has 0 saturated heterocycles. The fourth-order valence-corrected chi connectivity index (χ4v) is 4.34. The molecule has 0 radical (unpaired) electrons. The fraction of sp³-hybridized carbons (Fsp3) is 0.133. The average Bonchev–Trinajstić information content (AvgIpc) is 3.36. The molecule has 0 aliphatic heterocycles. The Kier molecular flexibility index (Phi) is 6.86. The number of methoxy groups -OCH3 is 3. The Balaban J connectivity index is 1.39. The predicted octanol–water partition coefficient (Wildman–Crippen LogP) is 6.36.